The SMILES string of the molecule is BNCc1ccc(CN)cc1. The molecule has 0 radical (unpaired) electrons. The fourth-order valence-corrected chi connectivity index (χ4v) is 0.997. The summed E-state index contributed by atoms with van der Waals surface area (Å²) >= 11 is 0. The molecule has 0 aliphatic carbocycles. The zero-order valence-electron chi connectivity index (χ0n) is 6.80. The lowest BCUT2D eigenvalue weighted by molar-refractivity contribution is 0.956. The average molecular weight is 148 g/mol. The number of hydrogen-bond acceptors (Lipinski definition) is 2. The van der Waals surface area contributed by atoms with Crippen LogP contribution in [0.25, 0.3) is 0 Å². The Morgan fingerprint density at radius 3 is 2.18 bits per heavy atom. The minimum absolute atomic E-state index is 0.625. The van der Waals surface area contributed by atoms with Gasteiger partial charge in [-0.25, -0.2) is 0 Å². The van der Waals surface area contributed by atoms with Crippen molar-refractivity contribution in [3.05, 3.63) is 35.4 Å². The molecule has 0 unspecified atom stereocenters. The van der Waals surface area contributed by atoms with E-state index in [0.29, 0.717) is 6.54 Å². The normalized spacial score (nSPS) is 9.91. The molecule has 2 nitrogen and oxygen atoms in total. The third-order valence-corrected chi connectivity index (χ3v) is 1.64. The molecule has 1 aromatic carbocycles. The van der Waals surface area contributed by atoms with Gasteiger partial charge in [0, 0.05) is 13.1 Å². The maximum Gasteiger partial charge on any atom is 0.182 e. The van der Waals surface area contributed by atoms with Crippen LogP contribution in [-0.2, 0) is 13.1 Å². The summed E-state index contributed by atoms with van der Waals surface area (Å²) < 4.78 is 0. The van der Waals surface area contributed by atoms with Crippen molar-refractivity contribution in [2.24, 2.45) is 5.73 Å². The van der Waals surface area contributed by atoms with Crippen LogP contribution < -0.4 is 11.0 Å². The highest BCUT2D eigenvalue weighted by Gasteiger charge is 1.90. The first-order valence-corrected chi connectivity index (χ1v) is 3.79. The molecule has 0 saturated carbocycles. The van der Waals surface area contributed by atoms with Crippen LogP contribution in [0.4, 0.5) is 0 Å². The molecule has 0 atom stereocenters. The lowest BCUT2D eigenvalue weighted by atomic mass is 10.1. The van der Waals surface area contributed by atoms with E-state index >= 15 is 0 Å². The van der Waals surface area contributed by atoms with E-state index in [1.165, 1.54) is 11.1 Å². The molecule has 0 amide bonds. The third-order valence-electron chi connectivity index (χ3n) is 1.64. The van der Waals surface area contributed by atoms with Crippen LogP contribution in [0.3, 0.4) is 0 Å². The van der Waals surface area contributed by atoms with Crippen LogP contribution in [-0.4, -0.2) is 7.98 Å². The number of nitrogens with two attached hydrogens (primary N) is 1. The van der Waals surface area contributed by atoms with Gasteiger partial charge in [0.05, 0.1) is 0 Å². The smallest absolute Gasteiger partial charge is 0.182 e. The van der Waals surface area contributed by atoms with Crippen molar-refractivity contribution in [2.75, 3.05) is 0 Å². The van der Waals surface area contributed by atoms with Crippen LogP contribution in [0, 0.1) is 0 Å². The van der Waals surface area contributed by atoms with Gasteiger partial charge in [-0.1, -0.05) is 24.3 Å². The van der Waals surface area contributed by atoms with Crippen molar-refractivity contribution in [3.8, 4) is 0 Å². The quantitative estimate of drug-likeness (QED) is 0.581. The van der Waals surface area contributed by atoms with Crippen LogP contribution in [0.15, 0.2) is 24.3 Å². The molecule has 0 aliphatic rings. The summed E-state index contributed by atoms with van der Waals surface area (Å²) in [5, 5.41) is 3.09. The van der Waals surface area contributed by atoms with E-state index < -0.39 is 0 Å². The van der Waals surface area contributed by atoms with Crippen molar-refractivity contribution in [1.82, 2.24) is 5.23 Å². The van der Waals surface area contributed by atoms with Gasteiger partial charge in [-0.05, 0) is 11.1 Å². The maximum atomic E-state index is 5.46. The molecule has 0 saturated heterocycles. The van der Waals surface area contributed by atoms with Gasteiger partial charge in [0.2, 0.25) is 0 Å². The standard InChI is InChI=1S/C8H13BN2/c9-11-6-8-3-1-7(5-10)2-4-8/h1-4,11H,5-6,9-10H2. The molecular weight excluding hydrogens is 135 g/mol. The average Bonchev–Trinajstić information content (AvgIpc) is 2.07. The first kappa shape index (κ1) is 8.30. The topological polar surface area (TPSA) is 38.0 Å². The summed E-state index contributed by atoms with van der Waals surface area (Å²) in [5.74, 6) is 0. The van der Waals surface area contributed by atoms with Gasteiger partial charge in [0.25, 0.3) is 0 Å². The van der Waals surface area contributed by atoms with Crippen LogP contribution in [0.1, 0.15) is 11.1 Å². The number of rotatable bonds is 3. The number of nitrogens with one attached hydrogen (secondary N) is 1. The highest BCUT2D eigenvalue weighted by molar-refractivity contribution is 6.04. The molecule has 0 fully saturated rings. The lowest BCUT2D eigenvalue weighted by Gasteiger charge is -2.00. The van der Waals surface area contributed by atoms with E-state index in [2.05, 4.69) is 29.5 Å². The van der Waals surface area contributed by atoms with Gasteiger partial charge in [-0.15, -0.1) is 0 Å². The molecule has 58 valence electrons. The number of benzene rings is 1. The molecule has 3 heteroatoms. The molecule has 3 N–H and O–H groups in total. The van der Waals surface area contributed by atoms with Crippen molar-refractivity contribution < 1.29 is 0 Å². The highest BCUT2D eigenvalue weighted by atomic mass is 14.7. The minimum atomic E-state index is 0.625. The van der Waals surface area contributed by atoms with Crippen molar-refractivity contribution in [1.29, 1.82) is 0 Å². The molecule has 0 bridgehead atoms. The summed E-state index contributed by atoms with van der Waals surface area (Å²) in [7, 11) is 1.94. The molecule has 0 aliphatic heterocycles. The van der Waals surface area contributed by atoms with E-state index in [0.717, 1.165) is 6.54 Å². The Hall–Kier alpha value is -0.795. The molecule has 1 aromatic rings. The van der Waals surface area contributed by atoms with Crippen molar-refractivity contribution >= 4 is 7.98 Å². The fraction of sp³-hybridized carbons (Fsp3) is 0.250. The molecule has 0 heterocycles. The van der Waals surface area contributed by atoms with Gasteiger partial charge in [-0.2, -0.15) is 0 Å². The van der Waals surface area contributed by atoms with E-state index in [-0.39, 0.29) is 0 Å². The van der Waals surface area contributed by atoms with Gasteiger partial charge in [0.15, 0.2) is 7.98 Å². The molecule has 11 heavy (non-hydrogen) atoms. The summed E-state index contributed by atoms with van der Waals surface area (Å²) in [6.45, 7) is 1.55. The molecule has 0 aromatic heterocycles. The van der Waals surface area contributed by atoms with Crippen molar-refractivity contribution in [2.45, 2.75) is 13.1 Å². The Morgan fingerprint density at radius 2 is 1.73 bits per heavy atom. The van der Waals surface area contributed by atoms with Crippen LogP contribution >= 0.6 is 0 Å². The van der Waals surface area contributed by atoms with E-state index in [4.69, 9.17) is 5.73 Å². The second-order valence-electron chi connectivity index (χ2n) is 2.55. The Kier molecular flexibility index (Phi) is 3.14. The van der Waals surface area contributed by atoms with Gasteiger partial charge in [0.1, 0.15) is 0 Å². The van der Waals surface area contributed by atoms with Gasteiger partial charge < -0.3 is 11.0 Å². The van der Waals surface area contributed by atoms with Crippen molar-refractivity contribution in [3.63, 3.8) is 0 Å². The first-order chi connectivity index (χ1) is 5.36. The lowest BCUT2D eigenvalue weighted by Crippen LogP contribution is -2.07. The second-order valence-corrected chi connectivity index (χ2v) is 2.55. The number of hydrogen-bond donors (Lipinski definition) is 2. The Balaban J connectivity index is 2.66. The van der Waals surface area contributed by atoms with Crippen LogP contribution in [0.2, 0.25) is 0 Å². The molecular formula is C8H13BN2. The summed E-state index contributed by atoms with van der Waals surface area (Å²) in [6.07, 6.45) is 0. The largest absolute Gasteiger partial charge is 0.358 e. The Labute approximate surface area is 68.2 Å². The second kappa shape index (κ2) is 4.16. The minimum Gasteiger partial charge on any atom is -0.358 e. The van der Waals surface area contributed by atoms with E-state index in [9.17, 15) is 0 Å². The summed E-state index contributed by atoms with van der Waals surface area (Å²) in [5.41, 5.74) is 7.94. The molecule has 0 spiro atoms. The monoisotopic (exact) mass is 148 g/mol. The van der Waals surface area contributed by atoms with E-state index in [1.54, 1.807) is 0 Å². The Morgan fingerprint density at radius 1 is 1.18 bits per heavy atom. The van der Waals surface area contributed by atoms with Gasteiger partial charge >= 0.3 is 0 Å². The van der Waals surface area contributed by atoms with E-state index in [1.807, 2.05) is 7.98 Å². The summed E-state index contributed by atoms with van der Waals surface area (Å²) in [4.78, 5) is 0. The zero-order chi connectivity index (χ0) is 8.10. The zero-order valence-corrected chi connectivity index (χ0v) is 6.80. The maximum absolute atomic E-state index is 5.46. The Bertz CT molecular complexity index is 208. The molecule has 1 rings (SSSR count). The van der Waals surface area contributed by atoms with Gasteiger partial charge in [-0.3, -0.25) is 0 Å². The fourth-order valence-electron chi connectivity index (χ4n) is 0.997. The van der Waals surface area contributed by atoms with Crippen LogP contribution in [0.5, 0.6) is 0 Å². The first-order valence-electron chi connectivity index (χ1n) is 3.79. The summed E-state index contributed by atoms with van der Waals surface area (Å²) in [6, 6.07) is 8.32. The predicted octanol–water partition coefficient (Wildman–Crippen LogP) is -0.217. The highest BCUT2D eigenvalue weighted by Crippen LogP contribution is 2.02. The third kappa shape index (κ3) is 2.37. The predicted molar refractivity (Wildman–Crippen MR) is 49.7 cm³/mol.